The number of hydrogen-bond donors (Lipinski definition) is 1. The van der Waals surface area contributed by atoms with Crippen molar-refractivity contribution in [1.29, 1.82) is 0 Å². The second-order valence-corrected chi connectivity index (χ2v) is 16.7. The van der Waals surface area contributed by atoms with E-state index in [9.17, 15) is 0 Å². The van der Waals surface area contributed by atoms with Crippen LogP contribution in [0.2, 0.25) is 18.1 Å². The molecule has 9 nitrogen and oxygen atoms in total. The van der Waals surface area contributed by atoms with Gasteiger partial charge in [0.1, 0.15) is 17.4 Å². The highest BCUT2D eigenvalue weighted by Crippen LogP contribution is 2.40. The van der Waals surface area contributed by atoms with Crippen LogP contribution >= 0.6 is 0 Å². The van der Waals surface area contributed by atoms with Crippen molar-refractivity contribution < 1.29 is 13.9 Å². The molecule has 2 atom stereocenters. The lowest BCUT2D eigenvalue weighted by molar-refractivity contribution is 0.0882. The van der Waals surface area contributed by atoms with Crippen LogP contribution in [0.15, 0.2) is 24.5 Å². The summed E-state index contributed by atoms with van der Waals surface area (Å²) in [6, 6.07) is 4.06. The molecule has 1 aliphatic rings. The van der Waals surface area contributed by atoms with Crippen molar-refractivity contribution in [3.8, 4) is 0 Å². The van der Waals surface area contributed by atoms with Gasteiger partial charge < -0.3 is 19.2 Å². The maximum atomic E-state index is 6.62. The maximum Gasteiger partial charge on any atom is 0.192 e. The molecule has 0 unspecified atom stereocenters. The van der Waals surface area contributed by atoms with Gasteiger partial charge >= 0.3 is 0 Å². The zero-order valence-corrected chi connectivity index (χ0v) is 23.5. The minimum atomic E-state index is -1.86. The van der Waals surface area contributed by atoms with Gasteiger partial charge in [0.2, 0.25) is 0 Å². The standard InChI is InChI=1S/C25H40N6O3Si/c1-24(2,3)31-22(27-23-20-12-17(15-32-7)28-30(20)11-10-26-23)14-19(29-31)21-13-18(16-33-21)34-35(8,9)25(4,5)6/h10-12,14,18,21H,13,15-16H2,1-9H3,(H,26,27)/t18-,21-/m0/s1. The molecule has 10 heteroatoms. The van der Waals surface area contributed by atoms with Gasteiger partial charge in [0, 0.05) is 32.0 Å². The zero-order valence-electron chi connectivity index (χ0n) is 22.5. The van der Waals surface area contributed by atoms with Gasteiger partial charge in [-0.2, -0.15) is 10.2 Å². The molecular weight excluding hydrogens is 460 g/mol. The predicted octanol–water partition coefficient (Wildman–Crippen LogP) is 5.42. The van der Waals surface area contributed by atoms with Gasteiger partial charge in [0.25, 0.3) is 0 Å². The molecule has 0 amide bonds. The summed E-state index contributed by atoms with van der Waals surface area (Å²) in [6.45, 7) is 18.8. The van der Waals surface area contributed by atoms with Crippen molar-refractivity contribution in [3.05, 3.63) is 35.9 Å². The highest BCUT2D eigenvalue weighted by molar-refractivity contribution is 6.74. The van der Waals surface area contributed by atoms with Crippen LogP contribution in [0.5, 0.6) is 0 Å². The lowest BCUT2D eigenvalue weighted by Gasteiger charge is -2.38. The minimum Gasteiger partial charge on any atom is -0.411 e. The molecule has 1 saturated heterocycles. The number of nitrogens with one attached hydrogen (secondary N) is 1. The molecule has 192 valence electrons. The Bertz CT molecular complexity index is 1170. The third kappa shape index (κ3) is 5.45. The minimum absolute atomic E-state index is 0.0958. The van der Waals surface area contributed by atoms with E-state index in [-0.39, 0.29) is 22.8 Å². The first kappa shape index (κ1) is 25.8. The van der Waals surface area contributed by atoms with E-state index in [1.54, 1.807) is 13.3 Å². The third-order valence-corrected chi connectivity index (χ3v) is 11.4. The summed E-state index contributed by atoms with van der Waals surface area (Å²) >= 11 is 0. The zero-order chi connectivity index (χ0) is 25.6. The van der Waals surface area contributed by atoms with E-state index < -0.39 is 8.32 Å². The lowest BCUT2D eigenvalue weighted by atomic mass is 10.1. The fourth-order valence-electron chi connectivity index (χ4n) is 4.05. The predicted molar refractivity (Wildman–Crippen MR) is 140 cm³/mol. The molecule has 0 bridgehead atoms. The molecule has 0 radical (unpaired) electrons. The Morgan fingerprint density at radius 3 is 2.54 bits per heavy atom. The average Bonchev–Trinajstić information content (AvgIpc) is 3.45. The molecule has 1 aliphatic heterocycles. The Morgan fingerprint density at radius 2 is 1.89 bits per heavy atom. The molecule has 35 heavy (non-hydrogen) atoms. The highest BCUT2D eigenvalue weighted by atomic mass is 28.4. The molecule has 4 heterocycles. The molecule has 3 aromatic heterocycles. The van der Waals surface area contributed by atoms with Gasteiger partial charge in [-0.3, -0.25) is 0 Å². The summed E-state index contributed by atoms with van der Waals surface area (Å²) in [5, 5.41) is 13.2. The molecule has 0 spiro atoms. The number of ether oxygens (including phenoxy) is 2. The average molecular weight is 501 g/mol. The Hall–Kier alpha value is -2.27. The van der Waals surface area contributed by atoms with Crippen molar-refractivity contribution >= 4 is 25.5 Å². The number of nitrogens with zero attached hydrogens (tertiary/aromatic N) is 5. The summed E-state index contributed by atoms with van der Waals surface area (Å²) in [6.07, 6.45) is 4.38. The largest absolute Gasteiger partial charge is 0.411 e. The summed E-state index contributed by atoms with van der Waals surface area (Å²) < 4.78 is 21.9. The van der Waals surface area contributed by atoms with E-state index in [0.717, 1.165) is 29.1 Å². The van der Waals surface area contributed by atoms with E-state index in [4.69, 9.17) is 19.0 Å². The van der Waals surface area contributed by atoms with E-state index in [0.29, 0.717) is 19.0 Å². The summed E-state index contributed by atoms with van der Waals surface area (Å²) in [7, 11) is -0.196. The first-order chi connectivity index (χ1) is 16.3. The highest BCUT2D eigenvalue weighted by Gasteiger charge is 2.42. The second kappa shape index (κ2) is 9.31. The van der Waals surface area contributed by atoms with Crippen LogP contribution in [0.4, 0.5) is 11.6 Å². The SMILES string of the molecule is COCc1cc2c(Nc3cc([C@@H]4C[C@H](O[Si](C)(C)C(C)(C)C)CO4)nn3C(C)(C)C)nccn2n1. The van der Waals surface area contributed by atoms with Gasteiger partial charge in [-0.25, -0.2) is 14.2 Å². The van der Waals surface area contributed by atoms with Crippen LogP contribution in [-0.4, -0.2) is 52.5 Å². The molecular formula is C25H40N6O3Si. The van der Waals surface area contributed by atoms with Crippen molar-refractivity contribution in [2.24, 2.45) is 0 Å². The van der Waals surface area contributed by atoms with Crippen molar-refractivity contribution in [2.75, 3.05) is 19.0 Å². The monoisotopic (exact) mass is 500 g/mol. The molecule has 3 aromatic rings. The molecule has 0 saturated carbocycles. The van der Waals surface area contributed by atoms with Gasteiger partial charge in [-0.1, -0.05) is 20.8 Å². The Labute approximate surface area is 209 Å². The van der Waals surface area contributed by atoms with Gasteiger partial charge in [-0.15, -0.1) is 0 Å². The van der Waals surface area contributed by atoms with Crippen LogP contribution in [-0.2, 0) is 26.0 Å². The van der Waals surface area contributed by atoms with E-state index in [2.05, 4.69) is 76.1 Å². The number of aromatic nitrogens is 5. The van der Waals surface area contributed by atoms with E-state index >= 15 is 0 Å². The third-order valence-electron chi connectivity index (χ3n) is 6.90. The molecule has 4 rings (SSSR count). The molecule has 1 N–H and O–H groups in total. The van der Waals surface area contributed by atoms with Crippen molar-refractivity contribution in [1.82, 2.24) is 24.4 Å². The first-order valence-corrected chi connectivity index (χ1v) is 15.2. The van der Waals surface area contributed by atoms with Gasteiger partial charge in [0.15, 0.2) is 14.1 Å². The summed E-state index contributed by atoms with van der Waals surface area (Å²) in [5.41, 5.74) is 2.40. The molecule has 1 fully saturated rings. The van der Waals surface area contributed by atoms with Crippen LogP contribution in [0.3, 0.4) is 0 Å². The van der Waals surface area contributed by atoms with E-state index in [1.165, 1.54) is 0 Å². The fraction of sp³-hybridized carbons (Fsp3) is 0.640. The summed E-state index contributed by atoms with van der Waals surface area (Å²) in [4.78, 5) is 4.58. The molecule has 0 aromatic carbocycles. The smallest absolute Gasteiger partial charge is 0.192 e. The normalized spacial score (nSPS) is 19.6. The molecule has 0 aliphatic carbocycles. The second-order valence-electron chi connectivity index (χ2n) is 11.9. The fourth-order valence-corrected chi connectivity index (χ4v) is 5.40. The van der Waals surface area contributed by atoms with E-state index in [1.807, 2.05) is 21.5 Å². The van der Waals surface area contributed by atoms with Crippen LogP contribution in [0.1, 0.15) is 65.5 Å². The first-order valence-electron chi connectivity index (χ1n) is 12.3. The number of rotatable bonds is 7. The van der Waals surface area contributed by atoms with Crippen molar-refractivity contribution in [3.63, 3.8) is 0 Å². The quantitative estimate of drug-likeness (QED) is 0.433. The number of anilines is 2. The number of hydrogen-bond acceptors (Lipinski definition) is 7. The van der Waals surface area contributed by atoms with Crippen LogP contribution in [0, 0.1) is 0 Å². The van der Waals surface area contributed by atoms with Crippen LogP contribution in [0.25, 0.3) is 5.52 Å². The maximum absolute atomic E-state index is 6.62. The topological polar surface area (TPSA) is 87.7 Å². The van der Waals surface area contributed by atoms with Gasteiger partial charge in [-0.05, 0) is 45.0 Å². The number of methoxy groups -OCH3 is 1. The van der Waals surface area contributed by atoms with Gasteiger partial charge in [0.05, 0.1) is 36.2 Å². The number of fused-ring (bicyclic) bond motifs is 1. The Morgan fingerprint density at radius 1 is 1.14 bits per heavy atom. The van der Waals surface area contributed by atoms with Crippen LogP contribution < -0.4 is 5.32 Å². The summed E-state index contributed by atoms with van der Waals surface area (Å²) in [5.74, 6) is 1.57. The Kier molecular flexibility index (Phi) is 6.86. The Balaban J connectivity index is 1.59. The van der Waals surface area contributed by atoms with Crippen molar-refractivity contribution in [2.45, 2.75) is 90.4 Å². The lowest BCUT2D eigenvalue weighted by Crippen LogP contribution is -2.44.